The average molecular weight is 280 g/mol. The van der Waals surface area contributed by atoms with Crippen LogP contribution >= 0.6 is 0 Å². The Morgan fingerprint density at radius 3 is 2.25 bits per heavy atom. The fraction of sp³-hybridized carbons (Fsp3) is 0.500. The number of amides is 1. The Balaban J connectivity index is 2.36. The first-order valence-electron chi connectivity index (χ1n) is 6.45. The van der Waals surface area contributed by atoms with Gasteiger partial charge in [0.25, 0.3) is 5.91 Å². The van der Waals surface area contributed by atoms with Crippen LogP contribution in [0.25, 0.3) is 0 Å². The highest BCUT2D eigenvalue weighted by molar-refractivity contribution is 5.98. The lowest BCUT2D eigenvalue weighted by atomic mass is 10.1. The molecule has 0 aromatic heterocycles. The number of hydrogen-bond donors (Lipinski definition) is 1. The summed E-state index contributed by atoms with van der Waals surface area (Å²) >= 11 is 0. The molecule has 1 aromatic carbocycles. The predicted octanol–water partition coefficient (Wildman–Crippen LogP) is 0.886. The van der Waals surface area contributed by atoms with Crippen LogP contribution in [0.5, 0.6) is 17.2 Å². The lowest BCUT2D eigenvalue weighted by molar-refractivity contribution is 0.0787. The Bertz CT molecular complexity index is 504. The fourth-order valence-corrected chi connectivity index (χ4v) is 2.34. The van der Waals surface area contributed by atoms with Crippen LogP contribution in [-0.4, -0.2) is 51.3 Å². The van der Waals surface area contributed by atoms with E-state index in [0.717, 1.165) is 6.42 Å². The van der Waals surface area contributed by atoms with Crippen LogP contribution in [0.4, 0.5) is 0 Å². The SMILES string of the molecule is COc1cc(OC)c(C(=O)N2CCC(N)C2)cc1OC. The zero-order chi connectivity index (χ0) is 14.7. The molecule has 1 unspecified atom stereocenters. The topological polar surface area (TPSA) is 74.0 Å². The molecule has 0 radical (unpaired) electrons. The average Bonchev–Trinajstić information content (AvgIpc) is 2.91. The summed E-state index contributed by atoms with van der Waals surface area (Å²) in [5, 5.41) is 0. The van der Waals surface area contributed by atoms with Crippen molar-refractivity contribution in [2.24, 2.45) is 5.73 Å². The minimum atomic E-state index is -0.101. The zero-order valence-electron chi connectivity index (χ0n) is 12.0. The van der Waals surface area contributed by atoms with Gasteiger partial charge in [-0.1, -0.05) is 0 Å². The van der Waals surface area contributed by atoms with Crippen molar-refractivity contribution in [1.82, 2.24) is 4.90 Å². The Morgan fingerprint density at radius 2 is 1.75 bits per heavy atom. The molecule has 0 spiro atoms. The largest absolute Gasteiger partial charge is 0.496 e. The maximum atomic E-state index is 12.5. The van der Waals surface area contributed by atoms with Crippen LogP contribution in [0.1, 0.15) is 16.8 Å². The van der Waals surface area contributed by atoms with E-state index in [0.29, 0.717) is 35.9 Å². The zero-order valence-corrected chi connectivity index (χ0v) is 12.0. The van der Waals surface area contributed by atoms with E-state index in [1.165, 1.54) is 21.3 Å². The standard InChI is InChI=1S/C14H20N2O4/c1-18-11-7-13(20-3)12(19-2)6-10(11)14(17)16-5-4-9(15)8-16/h6-7,9H,4-5,8,15H2,1-3H3. The summed E-state index contributed by atoms with van der Waals surface area (Å²) in [6, 6.07) is 3.34. The second kappa shape index (κ2) is 6.00. The van der Waals surface area contributed by atoms with Gasteiger partial charge in [-0.3, -0.25) is 4.79 Å². The van der Waals surface area contributed by atoms with Crippen molar-refractivity contribution < 1.29 is 19.0 Å². The Kier molecular flexibility index (Phi) is 4.34. The molecule has 1 aromatic rings. The first-order valence-corrected chi connectivity index (χ1v) is 6.45. The molecule has 110 valence electrons. The highest BCUT2D eigenvalue weighted by atomic mass is 16.5. The van der Waals surface area contributed by atoms with Gasteiger partial charge in [-0.25, -0.2) is 0 Å². The summed E-state index contributed by atoms with van der Waals surface area (Å²) < 4.78 is 15.7. The summed E-state index contributed by atoms with van der Waals surface area (Å²) in [4.78, 5) is 14.3. The number of likely N-dealkylation sites (tertiary alicyclic amines) is 1. The number of rotatable bonds is 4. The van der Waals surface area contributed by atoms with Crippen LogP contribution in [0.3, 0.4) is 0 Å². The van der Waals surface area contributed by atoms with Gasteiger partial charge in [0.15, 0.2) is 11.5 Å². The van der Waals surface area contributed by atoms with Crippen LogP contribution in [-0.2, 0) is 0 Å². The quantitative estimate of drug-likeness (QED) is 0.886. The molecule has 1 amide bonds. The summed E-state index contributed by atoms with van der Waals surface area (Å²) in [6.07, 6.45) is 0.821. The van der Waals surface area contributed by atoms with Crippen molar-refractivity contribution in [1.29, 1.82) is 0 Å². The van der Waals surface area contributed by atoms with Gasteiger partial charge in [0.2, 0.25) is 0 Å². The van der Waals surface area contributed by atoms with Gasteiger partial charge in [0, 0.05) is 31.3 Å². The summed E-state index contributed by atoms with van der Waals surface area (Å²) in [5.41, 5.74) is 6.30. The third-order valence-electron chi connectivity index (χ3n) is 3.45. The Hall–Kier alpha value is -1.95. The second-order valence-electron chi connectivity index (χ2n) is 4.71. The van der Waals surface area contributed by atoms with E-state index >= 15 is 0 Å². The number of ether oxygens (including phenoxy) is 3. The molecule has 1 fully saturated rings. The fourth-order valence-electron chi connectivity index (χ4n) is 2.34. The number of carbonyl (C=O) groups excluding carboxylic acids is 1. The summed E-state index contributed by atoms with van der Waals surface area (Å²) in [6.45, 7) is 1.23. The van der Waals surface area contributed by atoms with Crippen LogP contribution in [0.15, 0.2) is 12.1 Å². The number of methoxy groups -OCH3 is 3. The minimum Gasteiger partial charge on any atom is -0.496 e. The van der Waals surface area contributed by atoms with Crippen molar-refractivity contribution in [2.75, 3.05) is 34.4 Å². The lowest BCUT2D eigenvalue weighted by Crippen LogP contribution is -2.32. The Labute approximate surface area is 118 Å². The van der Waals surface area contributed by atoms with Gasteiger partial charge in [-0.05, 0) is 6.42 Å². The van der Waals surface area contributed by atoms with Gasteiger partial charge < -0.3 is 24.8 Å². The van der Waals surface area contributed by atoms with E-state index in [-0.39, 0.29) is 11.9 Å². The molecule has 0 bridgehead atoms. The summed E-state index contributed by atoms with van der Waals surface area (Å²) in [7, 11) is 4.59. The van der Waals surface area contributed by atoms with Crippen LogP contribution in [0, 0.1) is 0 Å². The molecule has 1 heterocycles. The van der Waals surface area contributed by atoms with Crippen molar-refractivity contribution in [3.8, 4) is 17.2 Å². The molecule has 1 saturated heterocycles. The molecule has 1 atom stereocenters. The number of nitrogens with zero attached hydrogens (tertiary/aromatic N) is 1. The van der Waals surface area contributed by atoms with Crippen molar-refractivity contribution in [2.45, 2.75) is 12.5 Å². The first kappa shape index (κ1) is 14.5. The van der Waals surface area contributed by atoms with Crippen molar-refractivity contribution >= 4 is 5.91 Å². The maximum Gasteiger partial charge on any atom is 0.257 e. The molecule has 0 saturated carbocycles. The monoisotopic (exact) mass is 280 g/mol. The predicted molar refractivity (Wildman–Crippen MR) is 74.6 cm³/mol. The van der Waals surface area contributed by atoms with E-state index < -0.39 is 0 Å². The van der Waals surface area contributed by atoms with Gasteiger partial charge in [-0.15, -0.1) is 0 Å². The smallest absolute Gasteiger partial charge is 0.257 e. The van der Waals surface area contributed by atoms with E-state index in [1.807, 2.05) is 0 Å². The van der Waals surface area contributed by atoms with Crippen LogP contribution < -0.4 is 19.9 Å². The molecule has 2 N–H and O–H groups in total. The van der Waals surface area contributed by atoms with E-state index in [9.17, 15) is 4.79 Å². The molecule has 0 aliphatic carbocycles. The molecule has 20 heavy (non-hydrogen) atoms. The number of carbonyl (C=O) groups is 1. The molecule has 6 nitrogen and oxygen atoms in total. The second-order valence-corrected chi connectivity index (χ2v) is 4.71. The third-order valence-corrected chi connectivity index (χ3v) is 3.45. The third kappa shape index (κ3) is 2.65. The van der Waals surface area contributed by atoms with Gasteiger partial charge >= 0.3 is 0 Å². The maximum absolute atomic E-state index is 12.5. The number of benzene rings is 1. The highest BCUT2D eigenvalue weighted by Gasteiger charge is 2.27. The lowest BCUT2D eigenvalue weighted by Gasteiger charge is -2.19. The Morgan fingerprint density at radius 1 is 1.15 bits per heavy atom. The van der Waals surface area contributed by atoms with Gasteiger partial charge in [0.1, 0.15) is 5.75 Å². The van der Waals surface area contributed by atoms with E-state index in [4.69, 9.17) is 19.9 Å². The molecule has 2 rings (SSSR count). The molecule has 1 aliphatic heterocycles. The van der Waals surface area contributed by atoms with E-state index in [2.05, 4.69) is 0 Å². The molecule has 6 heteroatoms. The normalized spacial score (nSPS) is 18.0. The molecular weight excluding hydrogens is 260 g/mol. The highest BCUT2D eigenvalue weighted by Crippen LogP contribution is 2.35. The van der Waals surface area contributed by atoms with Crippen molar-refractivity contribution in [3.05, 3.63) is 17.7 Å². The van der Waals surface area contributed by atoms with Crippen LogP contribution in [0.2, 0.25) is 0 Å². The molecule has 1 aliphatic rings. The summed E-state index contributed by atoms with van der Waals surface area (Å²) in [5.74, 6) is 1.39. The first-order chi connectivity index (χ1) is 9.60. The van der Waals surface area contributed by atoms with Gasteiger partial charge in [0.05, 0.1) is 26.9 Å². The van der Waals surface area contributed by atoms with Gasteiger partial charge in [-0.2, -0.15) is 0 Å². The minimum absolute atomic E-state index is 0.0464. The van der Waals surface area contributed by atoms with Crippen molar-refractivity contribution in [3.63, 3.8) is 0 Å². The number of nitrogens with two attached hydrogens (primary N) is 1. The molecular formula is C14H20N2O4. The number of hydrogen-bond acceptors (Lipinski definition) is 5. The van der Waals surface area contributed by atoms with E-state index in [1.54, 1.807) is 17.0 Å².